The average Bonchev–Trinajstić information content (AvgIpc) is 3.44. The summed E-state index contributed by atoms with van der Waals surface area (Å²) in [7, 11) is 0. The van der Waals surface area contributed by atoms with E-state index < -0.39 is 47.3 Å². The number of ether oxygens (including phenoxy) is 2. The molecule has 12 nitrogen and oxygen atoms in total. The fourth-order valence-electron chi connectivity index (χ4n) is 5.30. The van der Waals surface area contributed by atoms with E-state index in [1.807, 2.05) is 60.7 Å². The van der Waals surface area contributed by atoms with Crippen LogP contribution in [0, 0.1) is 0 Å². The molecule has 5 aromatic carbocycles. The van der Waals surface area contributed by atoms with Crippen molar-refractivity contribution in [1.29, 1.82) is 0 Å². The molecule has 2 aromatic heterocycles. The summed E-state index contributed by atoms with van der Waals surface area (Å²) >= 11 is 0. The summed E-state index contributed by atoms with van der Waals surface area (Å²) in [5, 5.41) is 3.05. The lowest BCUT2D eigenvalue weighted by molar-refractivity contribution is -0.119. The van der Waals surface area contributed by atoms with Crippen LogP contribution < -0.4 is 42.6 Å². The predicted octanol–water partition coefficient (Wildman–Crippen LogP) is 2.52. The minimum Gasteiger partial charge on any atom is -0.484 e. The van der Waals surface area contributed by atoms with Crippen LogP contribution in [0.1, 0.15) is 0 Å². The van der Waals surface area contributed by atoms with Crippen molar-refractivity contribution >= 4 is 54.9 Å². The molecular formula is C34H22N4O8. The van der Waals surface area contributed by atoms with Gasteiger partial charge in [-0.05, 0) is 57.9 Å². The molecule has 0 aliphatic heterocycles. The molecule has 0 radical (unpaired) electrons. The monoisotopic (exact) mass is 614 g/mol. The highest BCUT2D eigenvalue weighted by Gasteiger charge is 2.21. The van der Waals surface area contributed by atoms with E-state index in [2.05, 4.69) is 10.9 Å². The molecule has 0 unspecified atom stereocenters. The number of benzene rings is 5. The van der Waals surface area contributed by atoms with E-state index in [1.54, 1.807) is 24.3 Å². The highest BCUT2D eigenvalue weighted by atomic mass is 16.5. The lowest BCUT2D eigenvalue weighted by Crippen LogP contribution is -2.40. The van der Waals surface area contributed by atoms with Crippen LogP contribution in [0.2, 0.25) is 0 Å². The molecule has 0 fully saturated rings. The van der Waals surface area contributed by atoms with Crippen LogP contribution in [0.25, 0.3) is 43.1 Å². The number of amides is 2. The summed E-state index contributed by atoms with van der Waals surface area (Å²) in [6, 6.07) is 27.9. The Morgan fingerprint density at radius 3 is 1.20 bits per heavy atom. The molecule has 0 atom stereocenters. The van der Waals surface area contributed by atoms with Gasteiger partial charge in [-0.15, -0.1) is 0 Å². The molecule has 0 aliphatic rings. The fraction of sp³-hybridized carbons (Fsp3) is 0.0588. The van der Waals surface area contributed by atoms with Gasteiger partial charge in [0.15, 0.2) is 13.2 Å². The molecule has 0 aliphatic carbocycles. The molecule has 2 heterocycles. The number of aromatic nitrogens is 2. The number of fused-ring (bicyclic) bond motifs is 4. The molecule has 7 rings (SSSR count). The van der Waals surface area contributed by atoms with Crippen LogP contribution >= 0.6 is 0 Å². The van der Waals surface area contributed by atoms with E-state index in [4.69, 9.17) is 9.47 Å². The van der Waals surface area contributed by atoms with Crippen molar-refractivity contribution in [2.24, 2.45) is 0 Å². The van der Waals surface area contributed by atoms with Gasteiger partial charge in [0.2, 0.25) is 0 Å². The van der Waals surface area contributed by atoms with Gasteiger partial charge >= 0.3 is 0 Å². The number of nitrogens with zero attached hydrogens (tertiary/aromatic N) is 2. The SMILES string of the molecule is O=C(COc1ccc2ccccc2c1)Nn1c(=O)c2cc3c(=O)n(NC(=O)COc4ccc5ccccc5c4)c(=O)c3cc2c1=O. The number of hydrogen-bond acceptors (Lipinski definition) is 8. The molecular weight excluding hydrogens is 592 g/mol. The lowest BCUT2D eigenvalue weighted by Gasteiger charge is -2.08. The Hall–Kier alpha value is -6.56. The Balaban J connectivity index is 1.08. The minimum atomic E-state index is -0.895. The van der Waals surface area contributed by atoms with E-state index in [1.165, 1.54) is 0 Å². The van der Waals surface area contributed by atoms with E-state index >= 15 is 0 Å². The maximum absolute atomic E-state index is 13.1. The zero-order valence-electron chi connectivity index (χ0n) is 23.8. The van der Waals surface area contributed by atoms with E-state index in [-0.39, 0.29) is 21.5 Å². The maximum atomic E-state index is 13.1. The molecule has 0 spiro atoms. The van der Waals surface area contributed by atoms with E-state index in [9.17, 15) is 28.8 Å². The molecule has 2 amide bonds. The Labute approximate surface area is 257 Å². The summed E-state index contributed by atoms with van der Waals surface area (Å²) < 4.78 is 12.1. The van der Waals surface area contributed by atoms with Crippen LogP contribution in [0.15, 0.2) is 116 Å². The zero-order chi connectivity index (χ0) is 31.9. The first-order valence-electron chi connectivity index (χ1n) is 14.0. The number of carbonyl (C=O) groups excluding carboxylic acids is 2. The third-order valence-electron chi connectivity index (χ3n) is 7.55. The summed E-state index contributed by atoms with van der Waals surface area (Å²) in [5.41, 5.74) is 0.863. The largest absolute Gasteiger partial charge is 0.484 e. The number of hydrogen-bond donors (Lipinski definition) is 2. The number of rotatable bonds is 8. The van der Waals surface area contributed by atoms with Gasteiger partial charge in [0.05, 0.1) is 21.5 Å². The van der Waals surface area contributed by atoms with Crippen molar-refractivity contribution in [2.75, 3.05) is 24.1 Å². The van der Waals surface area contributed by atoms with E-state index in [0.717, 1.165) is 33.7 Å². The zero-order valence-corrected chi connectivity index (χ0v) is 23.8. The second-order valence-electron chi connectivity index (χ2n) is 10.5. The first kappa shape index (κ1) is 28.2. The van der Waals surface area contributed by atoms with Crippen LogP contribution in [0.4, 0.5) is 0 Å². The first-order valence-corrected chi connectivity index (χ1v) is 14.0. The van der Waals surface area contributed by atoms with Gasteiger partial charge < -0.3 is 9.47 Å². The Morgan fingerprint density at radius 1 is 0.478 bits per heavy atom. The highest BCUT2D eigenvalue weighted by molar-refractivity contribution is 5.99. The Bertz CT molecular complexity index is 2320. The van der Waals surface area contributed by atoms with Gasteiger partial charge in [0, 0.05) is 0 Å². The third kappa shape index (κ3) is 5.03. The van der Waals surface area contributed by atoms with Crippen molar-refractivity contribution in [2.45, 2.75) is 0 Å². The maximum Gasteiger partial charge on any atom is 0.280 e. The van der Waals surface area contributed by atoms with Gasteiger partial charge in [-0.2, -0.15) is 9.35 Å². The van der Waals surface area contributed by atoms with Crippen molar-refractivity contribution in [3.8, 4) is 11.5 Å². The lowest BCUT2D eigenvalue weighted by atomic mass is 10.1. The van der Waals surface area contributed by atoms with Crippen LogP contribution in [0.5, 0.6) is 11.5 Å². The van der Waals surface area contributed by atoms with Crippen molar-refractivity contribution in [3.63, 3.8) is 0 Å². The van der Waals surface area contributed by atoms with Gasteiger partial charge in [-0.1, -0.05) is 60.7 Å². The quantitative estimate of drug-likeness (QED) is 0.265. The summed E-state index contributed by atoms with van der Waals surface area (Å²) in [6.07, 6.45) is 0. The van der Waals surface area contributed by atoms with Crippen molar-refractivity contribution in [3.05, 3.63) is 138 Å². The standard InChI is InChI=1S/C34H22N4O8/c39-29(17-45-23-11-9-19-5-1-3-7-21(19)13-23)35-37-31(41)25-15-27-28(16-26(25)32(37)42)34(44)38(33(27)43)36-30(40)18-46-24-12-10-20-6-2-4-8-22(20)14-24/h1-16H,17-18H2,(H,35,39)(H,36,40). The number of carbonyl (C=O) groups is 2. The highest BCUT2D eigenvalue weighted by Crippen LogP contribution is 2.21. The van der Waals surface area contributed by atoms with Gasteiger partial charge in [-0.3, -0.25) is 39.6 Å². The second-order valence-corrected chi connectivity index (χ2v) is 10.5. The minimum absolute atomic E-state index is 0.187. The van der Waals surface area contributed by atoms with Gasteiger partial charge in [0.1, 0.15) is 11.5 Å². The second kappa shape index (κ2) is 11.2. The van der Waals surface area contributed by atoms with Crippen LogP contribution in [0.3, 0.4) is 0 Å². The topological polar surface area (TPSA) is 155 Å². The van der Waals surface area contributed by atoms with Crippen molar-refractivity contribution < 1.29 is 19.1 Å². The Kier molecular flexibility index (Phi) is 6.86. The van der Waals surface area contributed by atoms with Gasteiger partial charge in [-0.25, -0.2) is 0 Å². The molecule has 0 bridgehead atoms. The number of nitrogens with one attached hydrogen (secondary N) is 2. The van der Waals surface area contributed by atoms with Crippen LogP contribution in [-0.2, 0) is 9.59 Å². The van der Waals surface area contributed by atoms with Gasteiger partial charge in [0.25, 0.3) is 34.1 Å². The summed E-state index contributed by atoms with van der Waals surface area (Å²) in [5.74, 6) is -0.715. The smallest absolute Gasteiger partial charge is 0.280 e. The molecule has 0 saturated heterocycles. The van der Waals surface area contributed by atoms with Crippen molar-refractivity contribution in [1.82, 2.24) is 9.35 Å². The molecule has 2 N–H and O–H groups in total. The normalized spacial score (nSPS) is 11.3. The summed E-state index contributed by atoms with van der Waals surface area (Å²) in [4.78, 5) is 77.4. The first-order chi connectivity index (χ1) is 22.3. The van der Waals surface area contributed by atoms with Crippen LogP contribution in [-0.4, -0.2) is 34.4 Å². The third-order valence-corrected chi connectivity index (χ3v) is 7.55. The fourth-order valence-corrected chi connectivity index (χ4v) is 5.30. The molecule has 226 valence electrons. The summed E-state index contributed by atoms with van der Waals surface area (Å²) in [6.45, 7) is -0.975. The molecule has 12 heteroatoms. The average molecular weight is 615 g/mol. The Morgan fingerprint density at radius 2 is 0.826 bits per heavy atom. The molecule has 0 saturated carbocycles. The van der Waals surface area contributed by atoms with E-state index in [0.29, 0.717) is 20.9 Å². The molecule has 7 aromatic rings. The molecule has 46 heavy (non-hydrogen) atoms. The predicted molar refractivity (Wildman–Crippen MR) is 173 cm³/mol.